The molecule has 0 unspecified atom stereocenters. The molecule has 4 rings (SSSR count). The van der Waals surface area contributed by atoms with E-state index in [2.05, 4.69) is 45.0 Å². The molecule has 150 valence electrons. The molecule has 0 aromatic heterocycles. The smallest absolute Gasteiger partial charge is 0.201 e. The van der Waals surface area contributed by atoms with Crippen LogP contribution in [0.5, 0.6) is 0 Å². The van der Waals surface area contributed by atoms with E-state index in [0.29, 0.717) is 5.84 Å². The van der Waals surface area contributed by atoms with Crippen molar-refractivity contribution in [3.63, 3.8) is 0 Å². The van der Waals surface area contributed by atoms with E-state index in [1.807, 2.05) is 103 Å². The van der Waals surface area contributed by atoms with Gasteiger partial charge in [0.05, 0.1) is 11.4 Å². The maximum absolute atomic E-state index is 4.45. The third-order valence-corrected chi connectivity index (χ3v) is 4.52. The van der Waals surface area contributed by atoms with E-state index in [1.165, 1.54) is 5.56 Å². The summed E-state index contributed by atoms with van der Waals surface area (Å²) in [5, 5.41) is 13.2. The summed E-state index contributed by atoms with van der Waals surface area (Å²) in [6.07, 6.45) is 4.17. The summed E-state index contributed by atoms with van der Waals surface area (Å²) in [5.41, 5.74) is 7.86. The van der Waals surface area contributed by atoms with E-state index in [4.69, 9.17) is 0 Å². The number of hydrogen-bond acceptors (Lipinski definition) is 3. The Labute approximate surface area is 182 Å². The Morgan fingerprint density at radius 3 is 1.77 bits per heavy atom. The Morgan fingerprint density at radius 2 is 1.13 bits per heavy atom. The van der Waals surface area contributed by atoms with Gasteiger partial charge in [-0.25, -0.2) is 0 Å². The molecule has 31 heavy (non-hydrogen) atoms. The average molecular weight is 403 g/mol. The van der Waals surface area contributed by atoms with Crippen molar-refractivity contribution >= 4 is 29.4 Å². The van der Waals surface area contributed by atoms with Crippen molar-refractivity contribution in [1.82, 2.24) is 0 Å². The number of hydrazone groups is 1. The lowest BCUT2D eigenvalue weighted by molar-refractivity contribution is 1.22. The first-order chi connectivity index (χ1) is 15.4. The average Bonchev–Trinajstić information content (AvgIpc) is 2.85. The van der Waals surface area contributed by atoms with Gasteiger partial charge in [0.25, 0.3) is 0 Å². The van der Waals surface area contributed by atoms with Gasteiger partial charge < -0.3 is 0 Å². The Bertz CT molecular complexity index is 1160. The van der Waals surface area contributed by atoms with Gasteiger partial charge in [0.1, 0.15) is 0 Å². The molecule has 0 aliphatic rings. The predicted molar refractivity (Wildman–Crippen MR) is 129 cm³/mol. The molecule has 4 aromatic rings. The van der Waals surface area contributed by atoms with Crippen LogP contribution in [0, 0.1) is 0 Å². The number of nitrogens with zero attached hydrogens (tertiary/aromatic N) is 3. The van der Waals surface area contributed by atoms with Crippen LogP contribution in [0.1, 0.15) is 16.7 Å². The molecule has 0 radical (unpaired) electrons. The molecule has 0 saturated heterocycles. The summed E-state index contributed by atoms with van der Waals surface area (Å²) >= 11 is 0. The van der Waals surface area contributed by atoms with Crippen molar-refractivity contribution < 1.29 is 0 Å². The number of amidine groups is 1. The lowest BCUT2D eigenvalue weighted by atomic mass is 10.1. The highest BCUT2D eigenvalue weighted by Gasteiger charge is 2.02. The fourth-order valence-corrected chi connectivity index (χ4v) is 2.88. The molecule has 4 aromatic carbocycles. The van der Waals surface area contributed by atoms with Gasteiger partial charge in [0.15, 0.2) is 0 Å². The quantitative estimate of drug-likeness (QED) is 0.118. The molecule has 1 N–H and O–H groups in total. The van der Waals surface area contributed by atoms with E-state index in [9.17, 15) is 0 Å². The summed E-state index contributed by atoms with van der Waals surface area (Å²) in [4.78, 5) is 0. The monoisotopic (exact) mass is 402 g/mol. The molecule has 0 aliphatic carbocycles. The Balaban J connectivity index is 1.50. The van der Waals surface area contributed by atoms with Crippen LogP contribution in [0.4, 0.5) is 11.4 Å². The first kappa shape index (κ1) is 20.0. The second-order valence-electron chi connectivity index (χ2n) is 6.81. The molecule has 0 fully saturated rings. The van der Waals surface area contributed by atoms with Crippen LogP contribution in [-0.4, -0.2) is 5.84 Å². The Hall–Kier alpha value is -4.31. The third-order valence-electron chi connectivity index (χ3n) is 4.52. The number of azo groups is 1. The third kappa shape index (κ3) is 6.08. The topological polar surface area (TPSA) is 49.1 Å². The molecule has 0 saturated carbocycles. The van der Waals surface area contributed by atoms with Gasteiger partial charge >= 0.3 is 0 Å². The van der Waals surface area contributed by atoms with E-state index in [-0.39, 0.29) is 0 Å². The van der Waals surface area contributed by atoms with Crippen LogP contribution in [0.25, 0.3) is 12.2 Å². The van der Waals surface area contributed by atoms with E-state index >= 15 is 0 Å². The van der Waals surface area contributed by atoms with Crippen LogP contribution in [0.3, 0.4) is 0 Å². The highest BCUT2D eigenvalue weighted by molar-refractivity contribution is 5.99. The molecule has 4 heteroatoms. The zero-order chi connectivity index (χ0) is 21.1. The molecule has 0 amide bonds. The Kier molecular flexibility index (Phi) is 6.74. The summed E-state index contributed by atoms with van der Waals surface area (Å²) in [6, 6.07) is 37.7. The van der Waals surface area contributed by atoms with Gasteiger partial charge in [-0.05, 0) is 35.4 Å². The normalized spacial score (nSPS) is 11.8. The van der Waals surface area contributed by atoms with Crippen molar-refractivity contribution in [2.75, 3.05) is 5.43 Å². The van der Waals surface area contributed by atoms with Crippen LogP contribution >= 0.6 is 0 Å². The molecule has 0 atom stereocenters. The van der Waals surface area contributed by atoms with Crippen molar-refractivity contribution in [3.8, 4) is 0 Å². The van der Waals surface area contributed by atoms with Gasteiger partial charge in [0.2, 0.25) is 5.84 Å². The maximum atomic E-state index is 4.45. The van der Waals surface area contributed by atoms with Gasteiger partial charge in [-0.2, -0.15) is 5.10 Å². The molecule has 0 bridgehead atoms. The number of benzene rings is 4. The van der Waals surface area contributed by atoms with E-state index < -0.39 is 0 Å². The van der Waals surface area contributed by atoms with Gasteiger partial charge in [-0.15, -0.1) is 10.2 Å². The lowest BCUT2D eigenvalue weighted by Gasteiger charge is -2.03. The largest absolute Gasteiger partial charge is 0.276 e. The van der Waals surface area contributed by atoms with Crippen LogP contribution < -0.4 is 5.43 Å². The van der Waals surface area contributed by atoms with Crippen molar-refractivity contribution in [1.29, 1.82) is 0 Å². The fourth-order valence-electron chi connectivity index (χ4n) is 2.88. The molecule has 0 heterocycles. The second-order valence-corrected chi connectivity index (χ2v) is 6.81. The van der Waals surface area contributed by atoms with Crippen LogP contribution in [0.15, 0.2) is 131 Å². The van der Waals surface area contributed by atoms with Crippen molar-refractivity contribution in [2.24, 2.45) is 15.3 Å². The summed E-state index contributed by atoms with van der Waals surface area (Å²) in [6.45, 7) is 0. The van der Waals surface area contributed by atoms with Crippen molar-refractivity contribution in [3.05, 3.63) is 132 Å². The summed E-state index contributed by atoms with van der Waals surface area (Å²) < 4.78 is 0. The Morgan fingerprint density at radius 1 is 0.581 bits per heavy atom. The predicted octanol–water partition coefficient (Wildman–Crippen LogP) is 7.41. The number of para-hydroxylation sites is 1. The van der Waals surface area contributed by atoms with Crippen molar-refractivity contribution in [2.45, 2.75) is 0 Å². The fraction of sp³-hybridized carbons (Fsp3) is 0. The SMILES string of the molecule is C(=C\c1ccc(N=N/C(=N\Nc2ccccc2)c2ccccc2)cc1)/c1ccccc1. The van der Waals surface area contributed by atoms with Crippen LogP contribution in [-0.2, 0) is 0 Å². The highest BCUT2D eigenvalue weighted by atomic mass is 15.3. The second kappa shape index (κ2) is 10.5. The first-order valence-corrected chi connectivity index (χ1v) is 10.1. The minimum absolute atomic E-state index is 0.512. The number of anilines is 1. The summed E-state index contributed by atoms with van der Waals surface area (Å²) in [7, 11) is 0. The highest BCUT2D eigenvalue weighted by Crippen LogP contribution is 2.17. The van der Waals surface area contributed by atoms with E-state index in [1.54, 1.807) is 0 Å². The minimum atomic E-state index is 0.512. The van der Waals surface area contributed by atoms with Gasteiger partial charge in [0, 0.05) is 5.56 Å². The molecular formula is C27H22N4. The molecular weight excluding hydrogens is 380 g/mol. The zero-order valence-electron chi connectivity index (χ0n) is 17.0. The molecule has 0 spiro atoms. The molecule has 0 aliphatic heterocycles. The zero-order valence-corrected chi connectivity index (χ0v) is 17.0. The van der Waals surface area contributed by atoms with Crippen LogP contribution in [0.2, 0.25) is 0 Å². The minimum Gasteiger partial charge on any atom is -0.276 e. The number of rotatable bonds is 6. The lowest BCUT2D eigenvalue weighted by Crippen LogP contribution is -2.00. The standard InChI is InChI=1S/C27H22N4/c1-4-10-22(11-5-1)16-17-23-18-20-26(21-19-23)29-31-27(24-12-6-2-7-13-24)30-28-25-14-8-3-9-15-25/h1-21,28H/b17-16+,30-27-,31-29?. The number of nitrogens with one attached hydrogen (secondary N) is 1. The molecule has 4 nitrogen and oxygen atoms in total. The summed E-state index contributed by atoms with van der Waals surface area (Å²) in [5.74, 6) is 0.512. The maximum Gasteiger partial charge on any atom is 0.201 e. The van der Waals surface area contributed by atoms with Gasteiger partial charge in [-0.1, -0.05) is 103 Å². The van der Waals surface area contributed by atoms with Gasteiger partial charge in [-0.3, -0.25) is 5.43 Å². The van der Waals surface area contributed by atoms with E-state index in [0.717, 1.165) is 22.5 Å². The first-order valence-electron chi connectivity index (χ1n) is 10.1. The number of hydrogen-bond donors (Lipinski definition) is 1.